The normalized spacial score (nSPS) is 23.9. The molecule has 4 heteroatoms. The van der Waals surface area contributed by atoms with Crippen molar-refractivity contribution in [3.8, 4) is 5.75 Å². The minimum atomic E-state index is -0.121. The van der Waals surface area contributed by atoms with E-state index in [1.807, 2.05) is 24.3 Å². The fourth-order valence-electron chi connectivity index (χ4n) is 2.12. The van der Waals surface area contributed by atoms with Crippen LogP contribution < -0.4 is 4.74 Å². The van der Waals surface area contributed by atoms with Crippen LogP contribution in [0.1, 0.15) is 25.7 Å². The van der Waals surface area contributed by atoms with Crippen molar-refractivity contribution < 1.29 is 14.6 Å². The van der Waals surface area contributed by atoms with E-state index in [0.29, 0.717) is 19.3 Å². The molecule has 0 atom stereocenters. The van der Waals surface area contributed by atoms with Crippen LogP contribution >= 0.6 is 15.9 Å². The van der Waals surface area contributed by atoms with Gasteiger partial charge in [0.15, 0.2) is 0 Å². The molecule has 0 spiro atoms. The van der Waals surface area contributed by atoms with Crippen LogP contribution in [0, 0.1) is 0 Å². The van der Waals surface area contributed by atoms with Gasteiger partial charge in [-0.1, -0.05) is 15.9 Å². The first-order valence-electron chi connectivity index (χ1n) is 6.42. The van der Waals surface area contributed by atoms with Gasteiger partial charge < -0.3 is 14.6 Å². The molecule has 1 aromatic carbocycles. The molecule has 18 heavy (non-hydrogen) atoms. The number of halogens is 1. The van der Waals surface area contributed by atoms with Crippen LogP contribution in [0.4, 0.5) is 0 Å². The van der Waals surface area contributed by atoms with Gasteiger partial charge in [-0.2, -0.15) is 0 Å². The summed E-state index contributed by atoms with van der Waals surface area (Å²) >= 11 is 3.38. The van der Waals surface area contributed by atoms with E-state index in [1.54, 1.807) is 0 Å². The number of aliphatic hydroxyl groups is 1. The van der Waals surface area contributed by atoms with Gasteiger partial charge in [0.1, 0.15) is 12.4 Å². The van der Waals surface area contributed by atoms with Crippen molar-refractivity contribution in [3.63, 3.8) is 0 Å². The first kappa shape index (κ1) is 13.8. The lowest BCUT2D eigenvalue weighted by Crippen LogP contribution is -2.25. The van der Waals surface area contributed by atoms with Gasteiger partial charge in [-0.15, -0.1) is 0 Å². The Hall–Kier alpha value is -0.580. The maximum absolute atomic E-state index is 9.39. The van der Waals surface area contributed by atoms with Gasteiger partial charge in [0.2, 0.25) is 0 Å². The third-order valence-corrected chi connectivity index (χ3v) is 3.69. The highest BCUT2D eigenvalue weighted by Gasteiger charge is 2.19. The van der Waals surface area contributed by atoms with Crippen LogP contribution in [0.15, 0.2) is 28.7 Å². The number of benzene rings is 1. The van der Waals surface area contributed by atoms with Crippen molar-refractivity contribution >= 4 is 15.9 Å². The van der Waals surface area contributed by atoms with E-state index in [-0.39, 0.29) is 6.10 Å². The third kappa shape index (κ3) is 4.59. The first-order valence-corrected chi connectivity index (χ1v) is 7.21. The zero-order valence-electron chi connectivity index (χ0n) is 10.3. The summed E-state index contributed by atoms with van der Waals surface area (Å²) in [5, 5.41) is 9.39. The number of hydrogen-bond donors (Lipinski definition) is 1. The van der Waals surface area contributed by atoms with E-state index in [9.17, 15) is 5.11 Å². The summed E-state index contributed by atoms with van der Waals surface area (Å²) in [5.74, 6) is 0.862. The molecule has 0 aromatic heterocycles. The Morgan fingerprint density at radius 1 is 1.06 bits per heavy atom. The number of rotatable bonds is 5. The number of ether oxygens (including phenoxy) is 2. The molecule has 1 fully saturated rings. The van der Waals surface area contributed by atoms with Crippen LogP contribution in [0.25, 0.3) is 0 Å². The van der Waals surface area contributed by atoms with E-state index in [4.69, 9.17) is 9.47 Å². The highest BCUT2D eigenvalue weighted by atomic mass is 79.9. The molecule has 0 saturated heterocycles. The largest absolute Gasteiger partial charge is 0.491 e. The van der Waals surface area contributed by atoms with Gasteiger partial charge in [-0.25, -0.2) is 0 Å². The average Bonchev–Trinajstić information content (AvgIpc) is 2.39. The van der Waals surface area contributed by atoms with Gasteiger partial charge in [0.25, 0.3) is 0 Å². The second-order valence-electron chi connectivity index (χ2n) is 4.60. The Kier molecular flexibility index (Phi) is 5.47. The van der Waals surface area contributed by atoms with Gasteiger partial charge in [0, 0.05) is 4.47 Å². The zero-order valence-corrected chi connectivity index (χ0v) is 11.9. The van der Waals surface area contributed by atoms with Crippen LogP contribution in [-0.2, 0) is 4.74 Å². The van der Waals surface area contributed by atoms with Crippen molar-refractivity contribution in [2.45, 2.75) is 37.9 Å². The summed E-state index contributed by atoms with van der Waals surface area (Å²) in [5.41, 5.74) is 0. The maximum atomic E-state index is 9.39. The topological polar surface area (TPSA) is 38.7 Å². The molecule has 0 amide bonds. The standard InChI is InChI=1S/C14H19BrO3/c15-11-1-5-13(6-2-11)17-9-10-18-14-7-3-12(16)4-8-14/h1-2,5-6,12,14,16H,3-4,7-10H2. The molecule has 0 heterocycles. The summed E-state index contributed by atoms with van der Waals surface area (Å²) in [6, 6.07) is 7.78. The second-order valence-corrected chi connectivity index (χ2v) is 5.52. The summed E-state index contributed by atoms with van der Waals surface area (Å²) in [6.07, 6.45) is 3.81. The molecule has 1 saturated carbocycles. The quantitative estimate of drug-likeness (QED) is 0.849. The van der Waals surface area contributed by atoms with Crippen LogP contribution in [0.5, 0.6) is 5.75 Å². The Labute approximate surface area is 116 Å². The molecule has 1 N–H and O–H groups in total. The Morgan fingerprint density at radius 2 is 1.72 bits per heavy atom. The molecule has 0 aliphatic heterocycles. The number of aliphatic hydroxyl groups excluding tert-OH is 1. The summed E-state index contributed by atoms with van der Waals surface area (Å²) in [7, 11) is 0. The predicted octanol–water partition coefficient (Wildman–Crippen LogP) is 3.15. The van der Waals surface area contributed by atoms with E-state index in [1.165, 1.54) is 0 Å². The lowest BCUT2D eigenvalue weighted by molar-refractivity contribution is -0.0130. The van der Waals surface area contributed by atoms with Crippen molar-refractivity contribution in [2.75, 3.05) is 13.2 Å². The van der Waals surface area contributed by atoms with E-state index >= 15 is 0 Å². The van der Waals surface area contributed by atoms with Crippen molar-refractivity contribution in [2.24, 2.45) is 0 Å². The molecule has 100 valence electrons. The SMILES string of the molecule is OC1CCC(OCCOc2ccc(Br)cc2)CC1. The van der Waals surface area contributed by atoms with Gasteiger partial charge in [-0.05, 0) is 49.9 Å². The average molecular weight is 315 g/mol. The Bertz CT molecular complexity index is 345. The molecular weight excluding hydrogens is 296 g/mol. The molecule has 0 bridgehead atoms. The highest BCUT2D eigenvalue weighted by Crippen LogP contribution is 2.21. The lowest BCUT2D eigenvalue weighted by atomic mass is 9.95. The molecular formula is C14H19BrO3. The highest BCUT2D eigenvalue weighted by molar-refractivity contribution is 9.10. The second kappa shape index (κ2) is 7.12. The maximum Gasteiger partial charge on any atom is 0.119 e. The third-order valence-electron chi connectivity index (χ3n) is 3.16. The van der Waals surface area contributed by atoms with Crippen molar-refractivity contribution in [1.82, 2.24) is 0 Å². The molecule has 1 aliphatic carbocycles. The van der Waals surface area contributed by atoms with Gasteiger partial charge in [0.05, 0.1) is 18.8 Å². The lowest BCUT2D eigenvalue weighted by Gasteiger charge is -2.25. The molecule has 0 unspecified atom stereocenters. The molecule has 0 radical (unpaired) electrons. The molecule has 2 rings (SSSR count). The van der Waals surface area contributed by atoms with E-state index < -0.39 is 0 Å². The Balaban J connectivity index is 1.60. The monoisotopic (exact) mass is 314 g/mol. The van der Waals surface area contributed by atoms with Gasteiger partial charge in [-0.3, -0.25) is 0 Å². The molecule has 1 aliphatic rings. The predicted molar refractivity (Wildman–Crippen MR) is 73.9 cm³/mol. The van der Waals surface area contributed by atoms with Crippen molar-refractivity contribution in [3.05, 3.63) is 28.7 Å². The van der Waals surface area contributed by atoms with Crippen LogP contribution in [-0.4, -0.2) is 30.5 Å². The molecule has 1 aromatic rings. The van der Waals surface area contributed by atoms with Gasteiger partial charge >= 0.3 is 0 Å². The van der Waals surface area contributed by atoms with Crippen molar-refractivity contribution in [1.29, 1.82) is 0 Å². The molecule has 3 nitrogen and oxygen atoms in total. The van der Waals surface area contributed by atoms with Crippen LogP contribution in [0.2, 0.25) is 0 Å². The van der Waals surface area contributed by atoms with E-state index in [2.05, 4.69) is 15.9 Å². The first-order chi connectivity index (χ1) is 8.74. The summed E-state index contributed by atoms with van der Waals surface area (Å²) in [4.78, 5) is 0. The minimum Gasteiger partial charge on any atom is -0.491 e. The minimum absolute atomic E-state index is 0.121. The zero-order chi connectivity index (χ0) is 12.8. The number of hydrogen-bond acceptors (Lipinski definition) is 3. The van der Waals surface area contributed by atoms with Crippen LogP contribution in [0.3, 0.4) is 0 Å². The summed E-state index contributed by atoms with van der Waals surface area (Å²) in [6.45, 7) is 1.18. The fourth-order valence-corrected chi connectivity index (χ4v) is 2.38. The van der Waals surface area contributed by atoms with E-state index in [0.717, 1.165) is 35.9 Å². The summed E-state index contributed by atoms with van der Waals surface area (Å²) < 4.78 is 12.4. The fraction of sp³-hybridized carbons (Fsp3) is 0.571. The Morgan fingerprint density at radius 3 is 2.39 bits per heavy atom. The smallest absolute Gasteiger partial charge is 0.119 e.